The van der Waals surface area contributed by atoms with Crippen molar-refractivity contribution in [2.45, 2.75) is 13.3 Å². The van der Waals surface area contributed by atoms with E-state index in [2.05, 4.69) is 39.3 Å². The molecule has 0 aliphatic carbocycles. The van der Waals surface area contributed by atoms with E-state index >= 15 is 0 Å². The molecular weight excluding hydrogens is 242 g/mol. The second-order valence-corrected chi connectivity index (χ2v) is 4.32. The molecule has 0 spiro atoms. The lowest BCUT2D eigenvalue weighted by molar-refractivity contribution is 0.671. The summed E-state index contributed by atoms with van der Waals surface area (Å²) in [5.74, 6) is 0. The van der Waals surface area contributed by atoms with Gasteiger partial charge in [0.2, 0.25) is 0 Å². The van der Waals surface area contributed by atoms with Gasteiger partial charge in [-0.3, -0.25) is 4.68 Å². The van der Waals surface area contributed by atoms with Crippen LogP contribution in [0.2, 0.25) is 0 Å². The van der Waals surface area contributed by atoms with Crippen molar-refractivity contribution in [3.8, 4) is 0 Å². The molecule has 3 nitrogen and oxygen atoms in total. The normalized spacial score (nSPS) is 15.5. The lowest BCUT2D eigenvalue weighted by Crippen LogP contribution is -2.33. The number of nitrogens with zero attached hydrogens (tertiary/aromatic N) is 2. The van der Waals surface area contributed by atoms with E-state index in [1.807, 2.05) is 11.7 Å². The second-order valence-electron chi connectivity index (χ2n) is 3.53. The molecule has 76 valence electrons. The van der Waals surface area contributed by atoms with E-state index in [1.165, 1.54) is 11.3 Å². The van der Waals surface area contributed by atoms with Crippen LogP contribution in [0.25, 0.3) is 6.08 Å². The van der Waals surface area contributed by atoms with Crippen LogP contribution in [-0.2, 0) is 13.5 Å². The first kappa shape index (κ1) is 9.93. The van der Waals surface area contributed by atoms with Gasteiger partial charge in [0.05, 0.1) is 15.9 Å². The highest BCUT2D eigenvalue weighted by Gasteiger charge is 2.13. The van der Waals surface area contributed by atoms with Crippen LogP contribution in [0.1, 0.15) is 18.3 Å². The van der Waals surface area contributed by atoms with Gasteiger partial charge in [0.25, 0.3) is 0 Å². The minimum Gasteiger partial charge on any atom is -0.309 e. The van der Waals surface area contributed by atoms with Crippen LogP contribution >= 0.6 is 15.9 Å². The molecule has 0 aromatic carbocycles. The van der Waals surface area contributed by atoms with E-state index in [4.69, 9.17) is 0 Å². The molecule has 4 heteroatoms. The van der Waals surface area contributed by atoms with Crippen LogP contribution in [0.3, 0.4) is 0 Å². The first-order valence-corrected chi connectivity index (χ1v) is 5.63. The molecule has 2 heterocycles. The fourth-order valence-electron chi connectivity index (χ4n) is 1.52. The van der Waals surface area contributed by atoms with Gasteiger partial charge in [0, 0.05) is 20.1 Å². The predicted octanol–water partition coefficient (Wildman–Crippen LogP) is 1.73. The highest BCUT2D eigenvalue weighted by Crippen LogP contribution is 2.24. The van der Waals surface area contributed by atoms with E-state index in [0.717, 1.165) is 29.7 Å². The number of aromatic nitrogens is 2. The van der Waals surface area contributed by atoms with Crippen molar-refractivity contribution in [2.24, 2.45) is 7.05 Å². The van der Waals surface area contributed by atoms with Crippen LogP contribution in [0.4, 0.5) is 0 Å². The van der Waals surface area contributed by atoms with Crippen molar-refractivity contribution in [1.29, 1.82) is 0 Å². The first-order valence-electron chi connectivity index (χ1n) is 4.84. The van der Waals surface area contributed by atoms with Crippen LogP contribution in [-0.4, -0.2) is 22.9 Å². The van der Waals surface area contributed by atoms with Crippen LogP contribution in [0, 0.1) is 0 Å². The van der Waals surface area contributed by atoms with Crippen LogP contribution in [0.5, 0.6) is 0 Å². The zero-order valence-corrected chi connectivity index (χ0v) is 10.1. The SMILES string of the molecule is CCc1nn(C)c(C=C2CNC2)c1Br. The van der Waals surface area contributed by atoms with Gasteiger partial charge in [-0.25, -0.2) is 0 Å². The van der Waals surface area contributed by atoms with Crippen molar-refractivity contribution in [1.82, 2.24) is 15.1 Å². The van der Waals surface area contributed by atoms with Crippen molar-refractivity contribution in [3.63, 3.8) is 0 Å². The average molecular weight is 256 g/mol. The van der Waals surface area contributed by atoms with Gasteiger partial charge in [-0.2, -0.15) is 5.10 Å². The monoisotopic (exact) mass is 255 g/mol. The Hall–Kier alpha value is -0.610. The van der Waals surface area contributed by atoms with Crippen molar-refractivity contribution >= 4 is 22.0 Å². The molecule has 0 bridgehead atoms. The van der Waals surface area contributed by atoms with Crippen molar-refractivity contribution in [2.75, 3.05) is 13.1 Å². The lowest BCUT2D eigenvalue weighted by Gasteiger charge is -2.18. The average Bonchev–Trinajstić information content (AvgIpc) is 2.36. The molecule has 1 aromatic heterocycles. The number of aryl methyl sites for hydroxylation is 2. The number of rotatable bonds is 2. The summed E-state index contributed by atoms with van der Waals surface area (Å²) in [6, 6.07) is 0. The Morgan fingerprint density at radius 2 is 2.29 bits per heavy atom. The highest BCUT2D eigenvalue weighted by molar-refractivity contribution is 9.10. The summed E-state index contributed by atoms with van der Waals surface area (Å²) in [7, 11) is 1.99. The first-order chi connectivity index (χ1) is 6.72. The maximum Gasteiger partial charge on any atom is 0.0770 e. The molecule has 2 rings (SSSR count). The lowest BCUT2D eigenvalue weighted by atomic mass is 10.1. The topological polar surface area (TPSA) is 29.9 Å². The van der Waals surface area contributed by atoms with E-state index in [0.29, 0.717) is 0 Å². The number of halogens is 1. The Morgan fingerprint density at radius 1 is 1.57 bits per heavy atom. The molecule has 0 unspecified atom stereocenters. The Balaban J connectivity index is 2.36. The van der Waals surface area contributed by atoms with Crippen LogP contribution < -0.4 is 5.32 Å². The Kier molecular flexibility index (Phi) is 2.74. The van der Waals surface area contributed by atoms with Gasteiger partial charge < -0.3 is 5.32 Å². The Bertz CT molecular complexity index is 373. The van der Waals surface area contributed by atoms with Gasteiger partial charge >= 0.3 is 0 Å². The zero-order chi connectivity index (χ0) is 10.1. The molecule has 0 radical (unpaired) electrons. The molecule has 1 fully saturated rings. The predicted molar refractivity (Wildman–Crippen MR) is 61.1 cm³/mol. The third kappa shape index (κ3) is 1.64. The maximum atomic E-state index is 4.44. The summed E-state index contributed by atoms with van der Waals surface area (Å²) >= 11 is 3.60. The molecular formula is C10H14BrN3. The highest BCUT2D eigenvalue weighted by atomic mass is 79.9. The Labute approximate surface area is 92.3 Å². The standard InChI is InChI=1S/C10H14BrN3/c1-3-8-10(11)9(14(2)13-8)4-7-5-12-6-7/h4,12H,3,5-6H2,1-2H3. The number of hydrogen-bond acceptors (Lipinski definition) is 2. The molecule has 1 saturated heterocycles. The fraction of sp³-hybridized carbons (Fsp3) is 0.500. The van der Waals surface area contributed by atoms with Gasteiger partial charge in [0.15, 0.2) is 0 Å². The Morgan fingerprint density at radius 3 is 2.71 bits per heavy atom. The van der Waals surface area contributed by atoms with Crippen LogP contribution in [0.15, 0.2) is 10.0 Å². The molecule has 1 aromatic rings. The molecule has 14 heavy (non-hydrogen) atoms. The summed E-state index contributed by atoms with van der Waals surface area (Å²) in [5.41, 5.74) is 3.75. The summed E-state index contributed by atoms with van der Waals surface area (Å²) < 4.78 is 3.08. The van der Waals surface area contributed by atoms with E-state index in [9.17, 15) is 0 Å². The second kappa shape index (κ2) is 3.87. The minimum atomic E-state index is 0.968. The molecule has 1 aliphatic heterocycles. The van der Waals surface area contributed by atoms with Crippen molar-refractivity contribution < 1.29 is 0 Å². The van der Waals surface area contributed by atoms with Crippen molar-refractivity contribution in [3.05, 3.63) is 21.4 Å². The van der Waals surface area contributed by atoms with Gasteiger partial charge in [-0.05, 0) is 34.0 Å². The van der Waals surface area contributed by atoms with Gasteiger partial charge in [-0.15, -0.1) is 0 Å². The number of hydrogen-bond donors (Lipinski definition) is 1. The summed E-state index contributed by atoms with van der Waals surface area (Å²) in [6.45, 7) is 4.15. The fourth-order valence-corrected chi connectivity index (χ4v) is 2.25. The third-order valence-electron chi connectivity index (χ3n) is 2.48. The summed E-state index contributed by atoms with van der Waals surface area (Å²) in [4.78, 5) is 0. The molecule has 1 aliphatic rings. The maximum absolute atomic E-state index is 4.44. The van der Waals surface area contributed by atoms with Gasteiger partial charge in [0.1, 0.15) is 0 Å². The molecule has 1 N–H and O–H groups in total. The number of nitrogens with one attached hydrogen (secondary N) is 1. The molecule has 0 amide bonds. The summed E-state index contributed by atoms with van der Waals surface area (Å²) in [6.07, 6.45) is 3.18. The molecule has 0 atom stereocenters. The quantitative estimate of drug-likeness (QED) is 0.873. The van der Waals surface area contributed by atoms with E-state index in [-0.39, 0.29) is 0 Å². The third-order valence-corrected chi connectivity index (χ3v) is 3.34. The van der Waals surface area contributed by atoms with E-state index < -0.39 is 0 Å². The smallest absolute Gasteiger partial charge is 0.0770 e. The largest absolute Gasteiger partial charge is 0.309 e. The summed E-state index contributed by atoms with van der Waals surface area (Å²) in [5, 5.41) is 7.67. The van der Waals surface area contributed by atoms with Gasteiger partial charge in [-0.1, -0.05) is 6.92 Å². The minimum absolute atomic E-state index is 0.968. The zero-order valence-electron chi connectivity index (χ0n) is 8.47. The van der Waals surface area contributed by atoms with E-state index in [1.54, 1.807) is 0 Å². The molecule has 0 saturated carbocycles.